The minimum Gasteiger partial charge on any atom is -0.480 e. The Bertz CT molecular complexity index is 820. The molecule has 26 heavy (non-hydrogen) atoms. The number of benzene rings is 1. The Labute approximate surface area is 155 Å². The van der Waals surface area contributed by atoms with Crippen molar-refractivity contribution in [3.05, 3.63) is 46.2 Å². The van der Waals surface area contributed by atoms with E-state index in [0.717, 1.165) is 42.6 Å². The summed E-state index contributed by atoms with van der Waals surface area (Å²) in [5.41, 5.74) is 2.67. The maximum Gasteiger partial charge on any atom is 0.328 e. The van der Waals surface area contributed by atoms with Crippen LogP contribution in [-0.2, 0) is 17.6 Å². The first-order valence-electron chi connectivity index (χ1n) is 8.47. The SMILES string of the molecule is O=C(NC(CF)C(=O)O)c1nn(-c2ccc(Cl)cc2)c2c1CCCCC2. The topological polar surface area (TPSA) is 84.2 Å². The summed E-state index contributed by atoms with van der Waals surface area (Å²) in [4.78, 5) is 23.6. The average molecular weight is 380 g/mol. The van der Waals surface area contributed by atoms with Crippen LogP contribution in [0.2, 0.25) is 5.02 Å². The van der Waals surface area contributed by atoms with E-state index in [1.807, 2.05) is 12.1 Å². The van der Waals surface area contributed by atoms with Gasteiger partial charge in [0.05, 0.1) is 5.69 Å². The molecule has 0 bridgehead atoms. The molecule has 138 valence electrons. The molecule has 2 aromatic rings. The van der Waals surface area contributed by atoms with Crippen LogP contribution in [0.15, 0.2) is 24.3 Å². The molecule has 1 atom stereocenters. The van der Waals surface area contributed by atoms with Crippen LogP contribution >= 0.6 is 11.6 Å². The van der Waals surface area contributed by atoms with Gasteiger partial charge in [-0.1, -0.05) is 18.0 Å². The molecule has 6 nitrogen and oxygen atoms in total. The molecule has 0 saturated carbocycles. The second-order valence-electron chi connectivity index (χ2n) is 6.24. The van der Waals surface area contributed by atoms with Crippen LogP contribution in [0.5, 0.6) is 0 Å². The summed E-state index contributed by atoms with van der Waals surface area (Å²) in [6, 6.07) is 5.52. The zero-order chi connectivity index (χ0) is 18.7. The third-order valence-corrected chi connectivity index (χ3v) is 4.73. The van der Waals surface area contributed by atoms with Crippen molar-refractivity contribution in [3.8, 4) is 5.69 Å². The second kappa shape index (κ2) is 7.86. The number of carbonyl (C=O) groups is 2. The monoisotopic (exact) mass is 379 g/mol. The van der Waals surface area contributed by atoms with Gasteiger partial charge < -0.3 is 10.4 Å². The van der Waals surface area contributed by atoms with Crippen molar-refractivity contribution in [2.75, 3.05) is 6.67 Å². The molecular formula is C18H19ClFN3O3. The van der Waals surface area contributed by atoms with Crippen LogP contribution in [0.3, 0.4) is 0 Å². The van der Waals surface area contributed by atoms with Gasteiger partial charge in [-0.05, 0) is 49.9 Å². The average Bonchev–Trinajstić information content (AvgIpc) is 2.82. The lowest BCUT2D eigenvalue weighted by Gasteiger charge is -2.10. The number of aromatic nitrogens is 2. The number of carboxylic acid groups (broad SMARTS) is 1. The number of hydrogen-bond acceptors (Lipinski definition) is 3. The number of carboxylic acids is 1. The number of hydrogen-bond donors (Lipinski definition) is 2. The molecule has 3 rings (SSSR count). The van der Waals surface area contributed by atoms with Crippen LogP contribution < -0.4 is 5.32 Å². The van der Waals surface area contributed by atoms with Gasteiger partial charge in [-0.2, -0.15) is 5.10 Å². The van der Waals surface area contributed by atoms with Crippen molar-refractivity contribution in [2.24, 2.45) is 0 Å². The van der Waals surface area contributed by atoms with Gasteiger partial charge >= 0.3 is 5.97 Å². The number of aliphatic carboxylic acids is 1. The molecule has 1 unspecified atom stereocenters. The van der Waals surface area contributed by atoms with Gasteiger partial charge in [-0.25, -0.2) is 13.9 Å². The summed E-state index contributed by atoms with van der Waals surface area (Å²) in [5.74, 6) is -2.08. The van der Waals surface area contributed by atoms with E-state index in [4.69, 9.17) is 16.7 Å². The van der Waals surface area contributed by atoms with Crippen molar-refractivity contribution in [3.63, 3.8) is 0 Å². The third-order valence-electron chi connectivity index (χ3n) is 4.47. The molecule has 1 aliphatic rings. The fourth-order valence-electron chi connectivity index (χ4n) is 3.15. The third kappa shape index (κ3) is 3.72. The van der Waals surface area contributed by atoms with Crippen LogP contribution in [0.1, 0.15) is 41.0 Å². The summed E-state index contributed by atoms with van der Waals surface area (Å²) in [6.45, 7) is -1.18. The predicted molar refractivity (Wildman–Crippen MR) is 94.7 cm³/mol. The summed E-state index contributed by atoms with van der Waals surface area (Å²) in [5, 5.41) is 16.2. The van der Waals surface area contributed by atoms with Gasteiger partial charge in [-0.3, -0.25) is 4.79 Å². The number of nitrogens with one attached hydrogen (secondary N) is 1. The fraction of sp³-hybridized carbons (Fsp3) is 0.389. The number of carbonyl (C=O) groups excluding carboxylic acids is 1. The zero-order valence-corrected chi connectivity index (χ0v) is 14.8. The summed E-state index contributed by atoms with van der Waals surface area (Å²) < 4.78 is 14.6. The van der Waals surface area contributed by atoms with E-state index in [1.165, 1.54) is 0 Å². The summed E-state index contributed by atoms with van der Waals surface area (Å²) >= 11 is 5.94. The molecular weight excluding hydrogens is 361 g/mol. The van der Waals surface area contributed by atoms with Gasteiger partial charge in [0.15, 0.2) is 11.7 Å². The largest absolute Gasteiger partial charge is 0.480 e. The van der Waals surface area contributed by atoms with Crippen molar-refractivity contribution < 1.29 is 19.1 Å². The molecule has 0 spiro atoms. The number of halogens is 2. The van der Waals surface area contributed by atoms with E-state index in [-0.39, 0.29) is 5.69 Å². The first-order valence-corrected chi connectivity index (χ1v) is 8.85. The Kier molecular flexibility index (Phi) is 5.56. The van der Waals surface area contributed by atoms with Crippen molar-refractivity contribution in [1.29, 1.82) is 0 Å². The molecule has 0 radical (unpaired) electrons. The fourth-order valence-corrected chi connectivity index (χ4v) is 3.27. The smallest absolute Gasteiger partial charge is 0.328 e. The highest BCUT2D eigenvalue weighted by Gasteiger charge is 2.28. The van der Waals surface area contributed by atoms with Gasteiger partial charge in [0.25, 0.3) is 5.91 Å². The first kappa shape index (κ1) is 18.4. The van der Waals surface area contributed by atoms with Gasteiger partial charge in [0.1, 0.15) is 6.67 Å². The highest BCUT2D eigenvalue weighted by molar-refractivity contribution is 6.30. The minimum absolute atomic E-state index is 0.163. The molecule has 0 aliphatic heterocycles. The molecule has 1 amide bonds. The maximum atomic E-state index is 12.9. The first-order chi connectivity index (χ1) is 12.5. The zero-order valence-electron chi connectivity index (χ0n) is 14.0. The number of nitrogens with zero attached hydrogens (tertiary/aromatic N) is 2. The lowest BCUT2D eigenvalue weighted by molar-refractivity contribution is -0.139. The molecule has 1 aromatic heterocycles. The molecule has 0 fully saturated rings. The van der Waals surface area contributed by atoms with E-state index in [9.17, 15) is 14.0 Å². The lowest BCUT2D eigenvalue weighted by Crippen LogP contribution is -2.42. The molecule has 2 N–H and O–H groups in total. The predicted octanol–water partition coefficient (Wildman–Crippen LogP) is 2.95. The van der Waals surface area contributed by atoms with E-state index in [1.54, 1.807) is 16.8 Å². The number of rotatable bonds is 5. The minimum atomic E-state index is -1.58. The molecule has 0 saturated heterocycles. The Morgan fingerprint density at radius 1 is 1.23 bits per heavy atom. The molecule has 1 aromatic carbocycles. The van der Waals surface area contributed by atoms with E-state index >= 15 is 0 Å². The Morgan fingerprint density at radius 3 is 2.58 bits per heavy atom. The number of fused-ring (bicyclic) bond motifs is 1. The highest BCUT2D eigenvalue weighted by atomic mass is 35.5. The van der Waals surface area contributed by atoms with Crippen molar-refractivity contribution >= 4 is 23.5 Å². The standard InChI is InChI=1S/C18H19ClFN3O3/c19-11-6-8-12(9-7-11)23-15-5-3-1-2-4-13(15)16(22-23)17(24)21-14(10-20)18(25)26/h6-9,14H,1-5,10H2,(H,21,24)(H,25,26). The van der Waals surface area contributed by atoms with Crippen LogP contribution in [0, 0.1) is 0 Å². The van der Waals surface area contributed by atoms with Crippen LogP contribution in [0.25, 0.3) is 5.69 Å². The van der Waals surface area contributed by atoms with Crippen molar-refractivity contribution in [2.45, 2.75) is 38.1 Å². The highest BCUT2D eigenvalue weighted by Crippen LogP contribution is 2.27. The Morgan fingerprint density at radius 2 is 1.92 bits per heavy atom. The summed E-state index contributed by atoms with van der Waals surface area (Å²) in [7, 11) is 0. The molecule has 8 heteroatoms. The van der Waals surface area contributed by atoms with Crippen LogP contribution in [0.4, 0.5) is 4.39 Å². The number of amides is 1. The lowest BCUT2D eigenvalue weighted by atomic mass is 10.1. The maximum absolute atomic E-state index is 12.9. The van der Waals surface area contributed by atoms with Gasteiger partial charge in [0, 0.05) is 16.3 Å². The number of alkyl halides is 1. The quantitative estimate of drug-likeness (QED) is 0.782. The van der Waals surface area contributed by atoms with Gasteiger partial charge in [-0.15, -0.1) is 0 Å². The van der Waals surface area contributed by atoms with E-state index in [2.05, 4.69) is 10.4 Å². The van der Waals surface area contributed by atoms with E-state index in [0.29, 0.717) is 11.4 Å². The molecule has 1 heterocycles. The van der Waals surface area contributed by atoms with Crippen LogP contribution in [-0.4, -0.2) is 39.5 Å². The Hall–Kier alpha value is -2.41. The van der Waals surface area contributed by atoms with Gasteiger partial charge in [0.2, 0.25) is 0 Å². The Balaban J connectivity index is 2.01. The second-order valence-corrected chi connectivity index (χ2v) is 6.68. The van der Waals surface area contributed by atoms with E-state index < -0.39 is 24.6 Å². The molecule has 1 aliphatic carbocycles. The normalized spacial score (nSPS) is 15.0. The summed E-state index contributed by atoms with van der Waals surface area (Å²) in [6.07, 6.45) is 4.39. The van der Waals surface area contributed by atoms with Crippen molar-refractivity contribution in [1.82, 2.24) is 15.1 Å².